The Kier molecular flexibility index (Phi) is 2.33. The molecule has 0 amide bonds. The number of aromatic nitrogens is 4. The van der Waals surface area contributed by atoms with Gasteiger partial charge in [-0.2, -0.15) is 9.61 Å². The minimum atomic E-state index is 0.734. The van der Waals surface area contributed by atoms with E-state index in [1.165, 1.54) is 25.7 Å². The van der Waals surface area contributed by atoms with Crippen LogP contribution in [0.25, 0.3) is 5.65 Å². The van der Waals surface area contributed by atoms with E-state index < -0.39 is 0 Å². The van der Waals surface area contributed by atoms with Crippen molar-refractivity contribution in [1.29, 1.82) is 0 Å². The summed E-state index contributed by atoms with van der Waals surface area (Å²) < 4.78 is 1.88. The highest BCUT2D eigenvalue weighted by molar-refractivity contribution is 5.34. The van der Waals surface area contributed by atoms with Gasteiger partial charge in [0.05, 0.1) is 0 Å². The molecule has 2 aliphatic heterocycles. The number of hydrogen-bond acceptors (Lipinski definition) is 4. The lowest BCUT2D eigenvalue weighted by Gasteiger charge is -2.28. The molecule has 4 heterocycles. The van der Waals surface area contributed by atoms with Crippen molar-refractivity contribution in [3.05, 3.63) is 24.2 Å². The molecule has 0 radical (unpaired) electrons. The molecule has 2 fully saturated rings. The quantitative estimate of drug-likeness (QED) is 0.861. The summed E-state index contributed by atoms with van der Waals surface area (Å²) in [6.07, 6.45) is 8.05. The first-order valence-corrected chi connectivity index (χ1v) is 6.80. The second-order valence-electron chi connectivity index (χ2n) is 5.59. The Hall–Kier alpha value is -1.49. The molecule has 18 heavy (non-hydrogen) atoms. The van der Waals surface area contributed by atoms with E-state index in [9.17, 15) is 0 Å². The van der Waals surface area contributed by atoms with Gasteiger partial charge in [0.15, 0.2) is 11.5 Å². The van der Waals surface area contributed by atoms with Gasteiger partial charge < -0.3 is 5.32 Å². The lowest BCUT2D eigenvalue weighted by molar-refractivity contribution is 0.294. The number of fused-ring (bicyclic) bond motifs is 3. The molecular formula is C13H17N5. The van der Waals surface area contributed by atoms with Gasteiger partial charge in [-0.05, 0) is 43.7 Å². The van der Waals surface area contributed by atoms with Gasteiger partial charge in [-0.1, -0.05) is 0 Å². The summed E-state index contributed by atoms with van der Waals surface area (Å²) in [5.41, 5.74) is 0.851. The maximum Gasteiger partial charge on any atom is 0.177 e. The number of piperidine rings is 1. The van der Waals surface area contributed by atoms with Crippen LogP contribution in [0.5, 0.6) is 0 Å². The number of rotatable bonds is 2. The van der Waals surface area contributed by atoms with E-state index in [2.05, 4.69) is 20.6 Å². The predicted octanol–water partition coefficient (Wildman–Crippen LogP) is 1.20. The molecule has 4 rings (SSSR count). The molecule has 0 aliphatic carbocycles. The summed E-state index contributed by atoms with van der Waals surface area (Å²) in [6.45, 7) is 0. The van der Waals surface area contributed by atoms with Crippen molar-refractivity contribution in [3.63, 3.8) is 0 Å². The maximum atomic E-state index is 4.34. The van der Waals surface area contributed by atoms with Crippen molar-refractivity contribution in [2.24, 2.45) is 5.92 Å². The number of nitrogens with zero attached hydrogens (tertiary/aromatic N) is 4. The van der Waals surface area contributed by atoms with Crippen LogP contribution in [0.4, 0.5) is 0 Å². The Balaban J connectivity index is 1.57. The molecule has 2 aromatic rings. The molecule has 2 aromatic heterocycles. The fourth-order valence-corrected chi connectivity index (χ4v) is 3.52. The van der Waals surface area contributed by atoms with Crippen LogP contribution in [0.2, 0.25) is 0 Å². The van der Waals surface area contributed by atoms with E-state index in [1.807, 2.05) is 16.6 Å². The summed E-state index contributed by atoms with van der Waals surface area (Å²) in [5.74, 6) is 1.75. The van der Waals surface area contributed by atoms with Gasteiger partial charge in [-0.25, -0.2) is 0 Å². The molecule has 94 valence electrons. The van der Waals surface area contributed by atoms with Gasteiger partial charge in [0.2, 0.25) is 0 Å². The summed E-state index contributed by atoms with van der Waals surface area (Å²) in [5, 5.41) is 16.5. The molecule has 1 N–H and O–H groups in total. The van der Waals surface area contributed by atoms with Gasteiger partial charge in [-0.15, -0.1) is 10.2 Å². The molecule has 5 nitrogen and oxygen atoms in total. The third kappa shape index (κ3) is 1.70. The molecule has 0 saturated carbocycles. The Morgan fingerprint density at radius 2 is 2.06 bits per heavy atom. The van der Waals surface area contributed by atoms with Crippen LogP contribution >= 0.6 is 0 Å². The fourth-order valence-electron chi connectivity index (χ4n) is 3.52. The topological polar surface area (TPSA) is 55.1 Å². The molecular weight excluding hydrogens is 226 g/mol. The Bertz CT molecular complexity index is 551. The van der Waals surface area contributed by atoms with Crippen LogP contribution in [0.1, 0.15) is 31.5 Å². The van der Waals surface area contributed by atoms with Gasteiger partial charge in [0, 0.05) is 24.7 Å². The fraction of sp³-hybridized carbons (Fsp3) is 0.615. The first-order chi connectivity index (χ1) is 8.88. The second kappa shape index (κ2) is 4.02. The monoisotopic (exact) mass is 243 g/mol. The van der Waals surface area contributed by atoms with Gasteiger partial charge in [-0.3, -0.25) is 0 Å². The van der Waals surface area contributed by atoms with E-state index in [4.69, 9.17) is 0 Å². The first-order valence-electron chi connectivity index (χ1n) is 6.80. The van der Waals surface area contributed by atoms with Crippen molar-refractivity contribution in [1.82, 2.24) is 25.1 Å². The zero-order valence-electron chi connectivity index (χ0n) is 10.3. The predicted molar refractivity (Wildman–Crippen MR) is 67.2 cm³/mol. The summed E-state index contributed by atoms with van der Waals surface area (Å²) in [6, 6.07) is 5.33. The smallest absolute Gasteiger partial charge is 0.177 e. The Morgan fingerprint density at radius 1 is 1.22 bits per heavy atom. The zero-order valence-corrected chi connectivity index (χ0v) is 10.3. The van der Waals surface area contributed by atoms with E-state index in [0.29, 0.717) is 0 Å². The highest BCUT2D eigenvalue weighted by Gasteiger charge is 2.33. The van der Waals surface area contributed by atoms with Gasteiger partial charge in [0.1, 0.15) is 0 Å². The van der Waals surface area contributed by atoms with Crippen molar-refractivity contribution in [3.8, 4) is 0 Å². The van der Waals surface area contributed by atoms with Crippen molar-refractivity contribution >= 4 is 5.65 Å². The van der Waals surface area contributed by atoms with Crippen LogP contribution in [0, 0.1) is 5.92 Å². The SMILES string of the molecule is c1cnn2c(CC3CC4CCC(C3)N4)nnc2c1. The minimum Gasteiger partial charge on any atom is -0.311 e. The third-order valence-electron chi connectivity index (χ3n) is 4.28. The molecule has 5 heteroatoms. The molecule has 2 bridgehead atoms. The Morgan fingerprint density at radius 3 is 2.89 bits per heavy atom. The van der Waals surface area contributed by atoms with Crippen molar-refractivity contribution < 1.29 is 0 Å². The van der Waals surface area contributed by atoms with Crippen LogP contribution in [-0.4, -0.2) is 31.9 Å². The number of nitrogens with one attached hydrogen (secondary N) is 1. The molecule has 2 aliphatic rings. The standard InChI is InChI=1S/C13H17N5/c1-2-12-16-17-13(18(12)14-5-1)8-9-6-10-3-4-11(7-9)15-10/h1-2,5,9-11,15H,3-4,6-8H2. The lowest BCUT2D eigenvalue weighted by Crippen LogP contribution is -2.38. The van der Waals surface area contributed by atoms with E-state index in [-0.39, 0.29) is 0 Å². The first kappa shape index (κ1) is 10.4. The zero-order chi connectivity index (χ0) is 11.9. The summed E-state index contributed by atoms with van der Waals surface area (Å²) >= 11 is 0. The highest BCUT2D eigenvalue weighted by atomic mass is 15.4. The average Bonchev–Trinajstić information content (AvgIpc) is 2.94. The van der Waals surface area contributed by atoms with Crippen LogP contribution in [-0.2, 0) is 6.42 Å². The van der Waals surface area contributed by atoms with Crippen LogP contribution in [0.15, 0.2) is 18.3 Å². The lowest BCUT2D eigenvalue weighted by atomic mass is 9.89. The van der Waals surface area contributed by atoms with Crippen LogP contribution in [0.3, 0.4) is 0 Å². The normalized spacial score (nSPS) is 31.0. The molecule has 2 unspecified atom stereocenters. The highest BCUT2D eigenvalue weighted by Crippen LogP contribution is 2.32. The Labute approximate surface area is 106 Å². The largest absolute Gasteiger partial charge is 0.311 e. The third-order valence-corrected chi connectivity index (χ3v) is 4.28. The molecule has 2 atom stereocenters. The van der Waals surface area contributed by atoms with Crippen LogP contribution < -0.4 is 5.32 Å². The molecule has 0 aromatic carbocycles. The molecule has 2 saturated heterocycles. The average molecular weight is 243 g/mol. The molecule has 0 spiro atoms. The van der Waals surface area contributed by atoms with E-state index in [1.54, 1.807) is 6.20 Å². The number of hydrogen-bond donors (Lipinski definition) is 1. The second-order valence-corrected chi connectivity index (χ2v) is 5.59. The minimum absolute atomic E-state index is 0.734. The van der Waals surface area contributed by atoms with Crippen molar-refractivity contribution in [2.45, 2.75) is 44.2 Å². The van der Waals surface area contributed by atoms with Gasteiger partial charge >= 0.3 is 0 Å². The summed E-state index contributed by atoms with van der Waals surface area (Å²) in [4.78, 5) is 0. The van der Waals surface area contributed by atoms with E-state index in [0.717, 1.165) is 35.9 Å². The van der Waals surface area contributed by atoms with Crippen molar-refractivity contribution in [2.75, 3.05) is 0 Å². The maximum absolute atomic E-state index is 4.34. The summed E-state index contributed by atoms with van der Waals surface area (Å²) in [7, 11) is 0. The van der Waals surface area contributed by atoms with E-state index >= 15 is 0 Å². The van der Waals surface area contributed by atoms with Gasteiger partial charge in [0.25, 0.3) is 0 Å².